The van der Waals surface area contributed by atoms with Gasteiger partial charge in [0, 0.05) is 5.92 Å². The lowest BCUT2D eigenvalue weighted by atomic mass is 10.5. The second-order valence-electron chi connectivity index (χ2n) is 1.73. The van der Waals surface area contributed by atoms with Crippen LogP contribution in [0, 0.1) is 15.9 Å². The van der Waals surface area contributed by atoms with Crippen LogP contribution in [-0.2, 0) is 0 Å². The molecule has 1 fully saturated rings. The highest BCUT2D eigenvalue weighted by molar-refractivity contribution is 9.23. The summed E-state index contributed by atoms with van der Waals surface area (Å²) in [5.74, 6) is 3.97. The highest BCUT2D eigenvalue weighted by Crippen LogP contribution is 2.27. The molecule has 0 aliphatic heterocycles. The van der Waals surface area contributed by atoms with Gasteiger partial charge in [-0.2, -0.15) is 0 Å². The number of hydrogen-bond acceptors (Lipinski definition) is 0. The first-order chi connectivity index (χ1) is 3.43. The van der Waals surface area contributed by atoms with Gasteiger partial charge >= 0.3 is 18.2 Å². The Morgan fingerprint density at radius 1 is 1.57 bits per heavy atom. The summed E-state index contributed by atoms with van der Waals surface area (Å²) in [6, 6.07) is 0. The van der Waals surface area contributed by atoms with Crippen LogP contribution in [0.25, 0.3) is 0 Å². The lowest BCUT2D eigenvalue weighted by Crippen LogP contribution is -1.66. The second-order valence-corrected chi connectivity index (χ2v) is 4.03. The zero-order chi connectivity index (χ0) is 5.11. The third-order valence-electron chi connectivity index (χ3n) is 0.950. The molecule has 0 aromatic heterocycles. The van der Waals surface area contributed by atoms with E-state index in [1.54, 1.807) is 0 Å². The van der Waals surface area contributed by atoms with E-state index in [2.05, 4.69) is 22.9 Å². The van der Waals surface area contributed by atoms with E-state index >= 15 is 0 Å². The molecule has 0 amide bonds. The van der Waals surface area contributed by atoms with Gasteiger partial charge in [0.2, 0.25) is 0 Å². The molecule has 0 nitrogen and oxygen atoms in total. The standard InChI is InChI=1S/C5H5.BrH.Mg/c1-2-5-3-4-5;;/h5H,3-4H2;1H;/q;;+1/p-1. The van der Waals surface area contributed by atoms with Crippen molar-refractivity contribution < 1.29 is 0 Å². The SMILES string of the molecule is [Br][Mg][C]#CC1CC1. The van der Waals surface area contributed by atoms with Gasteiger partial charge in [-0.25, -0.2) is 0 Å². The van der Waals surface area contributed by atoms with Crippen LogP contribution in [0.4, 0.5) is 0 Å². The molecule has 0 atom stereocenters. The van der Waals surface area contributed by atoms with Crippen LogP contribution in [0.2, 0.25) is 0 Å². The number of rotatable bonds is 0. The van der Waals surface area contributed by atoms with Crippen LogP contribution >= 0.6 is 12.9 Å². The van der Waals surface area contributed by atoms with Gasteiger partial charge in [0.15, 0.2) is 0 Å². The van der Waals surface area contributed by atoms with Crippen LogP contribution in [0.5, 0.6) is 0 Å². The van der Waals surface area contributed by atoms with Gasteiger partial charge in [0.05, 0.1) is 0 Å². The molecule has 0 saturated heterocycles. The van der Waals surface area contributed by atoms with Gasteiger partial charge in [0.1, 0.15) is 0 Å². The third kappa shape index (κ3) is 2.58. The van der Waals surface area contributed by atoms with Crippen LogP contribution in [0.15, 0.2) is 0 Å². The molecule has 0 unspecified atom stereocenters. The Morgan fingerprint density at radius 3 is 2.71 bits per heavy atom. The van der Waals surface area contributed by atoms with Crippen molar-refractivity contribution in [2.45, 2.75) is 12.8 Å². The van der Waals surface area contributed by atoms with Crippen LogP contribution in [-0.4, -0.2) is 18.2 Å². The second kappa shape index (κ2) is 2.96. The average Bonchev–Trinajstić information content (AvgIpc) is 2.42. The van der Waals surface area contributed by atoms with Gasteiger partial charge in [0.25, 0.3) is 0 Å². The summed E-state index contributed by atoms with van der Waals surface area (Å²) in [6.07, 6.45) is 2.71. The summed E-state index contributed by atoms with van der Waals surface area (Å²) >= 11 is 3.23. The third-order valence-corrected chi connectivity index (χ3v) is 2.13. The van der Waals surface area contributed by atoms with Crippen molar-refractivity contribution in [2.75, 3.05) is 0 Å². The van der Waals surface area contributed by atoms with Crippen molar-refractivity contribution in [3.8, 4) is 9.97 Å². The zero-order valence-electron chi connectivity index (χ0n) is 4.08. The fourth-order valence-electron chi connectivity index (χ4n) is 0.411. The lowest BCUT2D eigenvalue weighted by molar-refractivity contribution is 1.18. The van der Waals surface area contributed by atoms with Crippen molar-refractivity contribution in [3.63, 3.8) is 0 Å². The molecule has 1 saturated carbocycles. The maximum atomic E-state index is 3.37. The first-order valence-corrected chi connectivity index (χ1v) is 7.08. The highest BCUT2D eigenvalue weighted by atomic mass is 79.9. The van der Waals surface area contributed by atoms with E-state index < -0.39 is 0 Å². The van der Waals surface area contributed by atoms with Crippen molar-refractivity contribution >= 4 is 31.1 Å². The predicted molar refractivity (Wildman–Crippen MR) is 35.2 cm³/mol. The van der Waals surface area contributed by atoms with Crippen LogP contribution < -0.4 is 0 Å². The van der Waals surface area contributed by atoms with E-state index in [-0.39, 0.29) is 18.2 Å². The Hall–Kier alpha value is 0.806. The molecule has 0 aromatic rings. The first-order valence-electron chi connectivity index (χ1n) is 2.48. The van der Waals surface area contributed by atoms with E-state index in [9.17, 15) is 0 Å². The summed E-state index contributed by atoms with van der Waals surface area (Å²) in [5.41, 5.74) is 0. The Morgan fingerprint density at radius 2 is 2.29 bits per heavy atom. The van der Waals surface area contributed by atoms with Gasteiger partial charge in [-0.05, 0) is 12.8 Å². The minimum Gasteiger partial charge on any atom is -0.277 e. The summed E-state index contributed by atoms with van der Waals surface area (Å²) in [6.45, 7) is 0. The first kappa shape index (κ1) is 5.93. The molecule has 1 aliphatic carbocycles. The lowest BCUT2D eigenvalue weighted by Gasteiger charge is -1.66. The van der Waals surface area contributed by atoms with E-state index in [1.807, 2.05) is 0 Å². The molecule has 7 heavy (non-hydrogen) atoms. The quantitative estimate of drug-likeness (QED) is 0.379. The molecular formula is C5H5BrMg. The van der Waals surface area contributed by atoms with Crippen molar-refractivity contribution in [3.05, 3.63) is 0 Å². The van der Waals surface area contributed by atoms with Gasteiger partial charge < -0.3 is 0 Å². The summed E-state index contributed by atoms with van der Waals surface area (Å²) in [4.78, 5) is 0. The molecule has 0 aromatic carbocycles. The van der Waals surface area contributed by atoms with Crippen molar-refractivity contribution in [2.24, 2.45) is 5.92 Å². The Kier molecular flexibility index (Phi) is 2.51. The normalized spacial score (nSPS) is 16.7. The summed E-state index contributed by atoms with van der Waals surface area (Å²) < 4.78 is 3.12. The summed E-state index contributed by atoms with van der Waals surface area (Å²) in [5, 5.41) is 0. The Labute approximate surface area is 59.6 Å². The molecule has 2 heteroatoms. The maximum absolute atomic E-state index is 3.37. The summed E-state index contributed by atoms with van der Waals surface area (Å²) in [7, 11) is 0. The Bertz CT molecular complexity index is 107. The van der Waals surface area contributed by atoms with E-state index in [0.717, 1.165) is 5.92 Å². The molecule has 0 bridgehead atoms. The van der Waals surface area contributed by atoms with E-state index in [1.165, 1.54) is 12.8 Å². The minimum atomic E-state index is -0.137. The number of halogens is 1. The zero-order valence-corrected chi connectivity index (χ0v) is 7.08. The predicted octanol–water partition coefficient (Wildman–Crippen LogP) is 1.37. The van der Waals surface area contributed by atoms with Gasteiger partial charge in [-0.1, -0.05) is 0 Å². The average molecular weight is 169 g/mol. The molecular weight excluding hydrogens is 164 g/mol. The van der Waals surface area contributed by atoms with E-state index in [4.69, 9.17) is 0 Å². The molecule has 34 valence electrons. The number of hydrogen-bond donors (Lipinski definition) is 0. The van der Waals surface area contributed by atoms with Gasteiger partial charge in [-0.15, -0.1) is 5.92 Å². The Balaban J connectivity index is 2.16. The monoisotopic (exact) mass is 168 g/mol. The van der Waals surface area contributed by atoms with Crippen LogP contribution in [0.3, 0.4) is 0 Å². The largest absolute Gasteiger partial charge is 0.569 e. The fraction of sp³-hybridized carbons (Fsp3) is 0.600. The molecule has 0 N–H and O–H groups in total. The minimum absolute atomic E-state index is 0.137. The van der Waals surface area contributed by atoms with Crippen molar-refractivity contribution in [1.82, 2.24) is 0 Å². The topological polar surface area (TPSA) is 0 Å². The fourth-order valence-corrected chi connectivity index (χ4v) is 1.26. The smallest absolute Gasteiger partial charge is 0.277 e. The molecule has 1 aliphatic rings. The van der Waals surface area contributed by atoms with E-state index in [0.29, 0.717) is 0 Å². The molecule has 0 radical (unpaired) electrons. The molecule has 0 spiro atoms. The molecule has 1 rings (SSSR count). The van der Waals surface area contributed by atoms with Crippen LogP contribution in [0.1, 0.15) is 12.8 Å². The van der Waals surface area contributed by atoms with Crippen molar-refractivity contribution in [1.29, 1.82) is 0 Å². The molecule has 0 heterocycles. The highest BCUT2D eigenvalue weighted by Gasteiger charge is 2.16. The van der Waals surface area contributed by atoms with Gasteiger partial charge in [-0.3, -0.25) is 16.9 Å². The maximum Gasteiger partial charge on any atom is 0.569 e.